The first-order chi connectivity index (χ1) is 9.81. The molecule has 1 aromatic carbocycles. The van der Waals surface area contributed by atoms with Crippen molar-refractivity contribution in [1.29, 1.82) is 0 Å². The first-order valence-electron chi connectivity index (χ1n) is 6.26. The number of alkyl halides is 3. The summed E-state index contributed by atoms with van der Waals surface area (Å²) in [6.07, 6.45) is -4.24. The van der Waals surface area contributed by atoms with Gasteiger partial charge in [0.2, 0.25) is 0 Å². The minimum absolute atomic E-state index is 0.350. The molecule has 0 fully saturated rings. The zero-order valence-electron chi connectivity index (χ0n) is 11.5. The number of aryl methyl sites for hydroxylation is 1. The van der Waals surface area contributed by atoms with Crippen LogP contribution in [0.1, 0.15) is 27.9 Å². The zero-order valence-corrected chi connectivity index (χ0v) is 12.3. The fraction of sp³-hybridized carbons (Fsp3) is 0.357. The molecule has 2 aromatic rings. The molecule has 1 atom stereocenters. The number of benzene rings is 1. The number of rotatable bonds is 4. The first-order valence-corrected chi connectivity index (χ1v) is 7.14. The molecular weight excluding hydrogens is 304 g/mol. The van der Waals surface area contributed by atoms with Gasteiger partial charge in [-0.05, 0) is 31.7 Å². The maximum atomic E-state index is 13.3. The van der Waals surface area contributed by atoms with Crippen LogP contribution in [-0.2, 0) is 12.6 Å². The number of nitrogens with zero attached hydrogens (tertiary/aromatic N) is 1. The molecule has 0 saturated heterocycles. The normalized spacial score (nSPS) is 13.4. The molecule has 1 aromatic heterocycles. The van der Waals surface area contributed by atoms with Crippen molar-refractivity contribution in [3.8, 4) is 0 Å². The van der Waals surface area contributed by atoms with E-state index < -0.39 is 17.6 Å². The second-order valence-corrected chi connectivity index (χ2v) is 5.61. The SMILES string of the molecule is CNC(Cc1nc(C)cs1)c1ccc(F)c(C(F)(F)F)c1. The maximum absolute atomic E-state index is 13.3. The highest BCUT2D eigenvalue weighted by Gasteiger charge is 2.34. The second-order valence-electron chi connectivity index (χ2n) is 4.67. The summed E-state index contributed by atoms with van der Waals surface area (Å²) in [7, 11) is 1.65. The van der Waals surface area contributed by atoms with Crippen molar-refractivity contribution in [1.82, 2.24) is 10.3 Å². The number of hydrogen-bond acceptors (Lipinski definition) is 3. The molecule has 114 valence electrons. The Balaban J connectivity index is 2.30. The lowest BCUT2D eigenvalue weighted by Crippen LogP contribution is -2.20. The highest BCUT2D eigenvalue weighted by Crippen LogP contribution is 2.33. The summed E-state index contributed by atoms with van der Waals surface area (Å²) in [6.45, 7) is 1.86. The van der Waals surface area contributed by atoms with E-state index >= 15 is 0 Å². The molecule has 0 aliphatic rings. The summed E-state index contributed by atoms with van der Waals surface area (Å²) >= 11 is 1.45. The van der Waals surface area contributed by atoms with Gasteiger partial charge in [0, 0.05) is 23.5 Å². The third kappa shape index (κ3) is 3.79. The van der Waals surface area contributed by atoms with Gasteiger partial charge in [-0.15, -0.1) is 11.3 Å². The second kappa shape index (κ2) is 6.11. The summed E-state index contributed by atoms with van der Waals surface area (Å²) in [5.74, 6) is -1.26. The average molecular weight is 318 g/mol. The lowest BCUT2D eigenvalue weighted by molar-refractivity contribution is -0.140. The predicted octanol–water partition coefficient (Wildman–Crippen LogP) is 4.11. The van der Waals surface area contributed by atoms with E-state index in [-0.39, 0.29) is 6.04 Å². The summed E-state index contributed by atoms with van der Waals surface area (Å²) in [5.41, 5.74) is 0.0228. The van der Waals surface area contributed by atoms with Gasteiger partial charge in [-0.2, -0.15) is 13.2 Å². The summed E-state index contributed by atoms with van der Waals surface area (Å²) in [6, 6.07) is 2.73. The Hall–Kier alpha value is -1.47. The third-order valence-corrected chi connectivity index (χ3v) is 4.08. The quantitative estimate of drug-likeness (QED) is 0.858. The van der Waals surface area contributed by atoms with Crippen molar-refractivity contribution in [2.75, 3.05) is 7.05 Å². The van der Waals surface area contributed by atoms with Crippen LogP contribution in [0, 0.1) is 12.7 Å². The van der Waals surface area contributed by atoms with Crippen LogP contribution in [0.25, 0.3) is 0 Å². The first kappa shape index (κ1) is 15.9. The fourth-order valence-corrected chi connectivity index (χ4v) is 2.85. The van der Waals surface area contributed by atoms with E-state index in [0.717, 1.165) is 22.8 Å². The predicted molar refractivity (Wildman–Crippen MR) is 73.8 cm³/mol. The van der Waals surface area contributed by atoms with Crippen LogP contribution in [0.3, 0.4) is 0 Å². The summed E-state index contributed by atoms with van der Waals surface area (Å²) in [4.78, 5) is 4.29. The summed E-state index contributed by atoms with van der Waals surface area (Å²) in [5, 5.41) is 5.66. The standard InChI is InChI=1S/C14H14F4N2S/c1-8-7-21-13(20-8)6-12(19-2)9-3-4-11(15)10(5-9)14(16,17)18/h3-5,7,12,19H,6H2,1-2H3. The van der Waals surface area contributed by atoms with Crippen LogP contribution in [-0.4, -0.2) is 12.0 Å². The van der Waals surface area contributed by atoms with Gasteiger partial charge >= 0.3 is 6.18 Å². The summed E-state index contributed by atoms with van der Waals surface area (Å²) < 4.78 is 51.6. The monoisotopic (exact) mass is 318 g/mol. The Morgan fingerprint density at radius 2 is 2.05 bits per heavy atom. The Morgan fingerprint density at radius 1 is 1.33 bits per heavy atom. The minimum atomic E-state index is -4.70. The average Bonchev–Trinajstić information content (AvgIpc) is 2.81. The zero-order chi connectivity index (χ0) is 15.6. The smallest absolute Gasteiger partial charge is 0.313 e. The molecule has 0 aliphatic heterocycles. The number of aromatic nitrogens is 1. The topological polar surface area (TPSA) is 24.9 Å². The highest BCUT2D eigenvalue weighted by molar-refractivity contribution is 7.09. The Morgan fingerprint density at radius 3 is 2.57 bits per heavy atom. The van der Waals surface area contributed by atoms with Gasteiger partial charge in [-0.25, -0.2) is 9.37 Å². The Kier molecular flexibility index (Phi) is 4.63. The van der Waals surface area contributed by atoms with Crippen molar-refractivity contribution in [3.63, 3.8) is 0 Å². The van der Waals surface area contributed by atoms with Crippen LogP contribution < -0.4 is 5.32 Å². The minimum Gasteiger partial charge on any atom is -0.313 e. The van der Waals surface area contributed by atoms with Gasteiger partial charge in [0.25, 0.3) is 0 Å². The van der Waals surface area contributed by atoms with Crippen molar-refractivity contribution in [2.24, 2.45) is 0 Å². The van der Waals surface area contributed by atoms with Crippen LogP contribution >= 0.6 is 11.3 Å². The molecule has 7 heteroatoms. The van der Waals surface area contributed by atoms with Crippen molar-refractivity contribution < 1.29 is 17.6 Å². The van der Waals surface area contributed by atoms with Gasteiger partial charge in [-0.3, -0.25) is 0 Å². The number of hydrogen-bond donors (Lipinski definition) is 1. The molecule has 21 heavy (non-hydrogen) atoms. The number of likely N-dealkylation sites (N-methyl/N-ethyl adjacent to an activating group) is 1. The molecule has 0 radical (unpaired) electrons. The maximum Gasteiger partial charge on any atom is 0.419 e. The van der Waals surface area contributed by atoms with E-state index in [1.807, 2.05) is 12.3 Å². The molecule has 0 aliphatic carbocycles. The lowest BCUT2D eigenvalue weighted by atomic mass is 10.0. The highest BCUT2D eigenvalue weighted by atomic mass is 32.1. The largest absolute Gasteiger partial charge is 0.419 e. The fourth-order valence-electron chi connectivity index (χ4n) is 2.03. The van der Waals surface area contributed by atoms with Gasteiger partial charge in [-0.1, -0.05) is 6.07 Å². The van der Waals surface area contributed by atoms with Crippen molar-refractivity contribution in [3.05, 3.63) is 51.2 Å². The van der Waals surface area contributed by atoms with Crippen LogP contribution in [0.2, 0.25) is 0 Å². The van der Waals surface area contributed by atoms with Crippen LogP contribution in [0.4, 0.5) is 17.6 Å². The molecule has 0 amide bonds. The third-order valence-electron chi connectivity index (χ3n) is 3.09. The molecule has 0 spiro atoms. The molecular formula is C14H14F4N2S. The van der Waals surface area contributed by atoms with E-state index in [9.17, 15) is 17.6 Å². The van der Waals surface area contributed by atoms with Gasteiger partial charge in [0.15, 0.2) is 0 Å². The van der Waals surface area contributed by atoms with Crippen LogP contribution in [0.15, 0.2) is 23.6 Å². The number of nitrogens with one attached hydrogen (secondary N) is 1. The van der Waals surface area contributed by atoms with E-state index in [0.29, 0.717) is 12.0 Å². The Labute approximate surface area is 123 Å². The molecule has 1 N–H and O–H groups in total. The van der Waals surface area contributed by atoms with Crippen molar-refractivity contribution >= 4 is 11.3 Å². The van der Waals surface area contributed by atoms with Crippen LogP contribution in [0.5, 0.6) is 0 Å². The van der Waals surface area contributed by atoms with E-state index in [4.69, 9.17) is 0 Å². The lowest BCUT2D eigenvalue weighted by Gasteiger charge is -2.17. The molecule has 2 rings (SSSR count). The van der Waals surface area contributed by atoms with Crippen molar-refractivity contribution in [2.45, 2.75) is 25.6 Å². The molecule has 2 nitrogen and oxygen atoms in total. The molecule has 1 heterocycles. The Bertz CT molecular complexity index is 622. The molecule has 0 saturated carbocycles. The van der Waals surface area contributed by atoms with E-state index in [2.05, 4.69) is 10.3 Å². The number of halogens is 4. The van der Waals surface area contributed by atoms with Gasteiger partial charge < -0.3 is 5.32 Å². The van der Waals surface area contributed by atoms with E-state index in [1.54, 1.807) is 7.05 Å². The van der Waals surface area contributed by atoms with Gasteiger partial charge in [0.05, 0.1) is 10.6 Å². The molecule has 0 bridgehead atoms. The van der Waals surface area contributed by atoms with E-state index in [1.165, 1.54) is 17.4 Å². The molecule has 1 unspecified atom stereocenters. The van der Waals surface area contributed by atoms with Gasteiger partial charge in [0.1, 0.15) is 5.82 Å². The number of thiazole rings is 1.